The van der Waals surface area contributed by atoms with Crippen molar-refractivity contribution in [3.05, 3.63) is 33.9 Å². The number of nitro groups is 1. The summed E-state index contributed by atoms with van der Waals surface area (Å²) in [5, 5.41) is 19.4. The number of nitrogens with zero attached hydrogens (tertiary/aromatic N) is 2. The van der Waals surface area contributed by atoms with Crippen molar-refractivity contribution in [2.45, 2.75) is 24.7 Å². The maximum Gasteiger partial charge on any atom is 0.287 e. The summed E-state index contributed by atoms with van der Waals surface area (Å²) in [6, 6.07) is 6.52. The van der Waals surface area contributed by atoms with Crippen LogP contribution in [-0.2, 0) is 0 Å². The SMILES string of the molecule is CCCCSc1ccc([N+](=O)[O-])c(C#N)c1. The second-order valence-electron chi connectivity index (χ2n) is 3.25. The number of hydrogen-bond donors (Lipinski definition) is 0. The smallest absolute Gasteiger partial charge is 0.258 e. The molecule has 0 spiro atoms. The Bertz CT molecular complexity index is 426. The van der Waals surface area contributed by atoms with Gasteiger partial charge in [0.2, 0.25) is 0 Å². The third-order valence-corrected chi connectivity index (χ3v) is 3.13. The first-order chi connectivity index (χ1) is 7.69. The summed E-state index contributed by atoms with van der Waals surface area (Å²) in [5.74, 6) is 0.971. The Labute approximate surface area is 98.4 Å². The van der Waals surface area contributed by atoms with Gasteiger partial charge in [-0.05, 0) is 24.3 Å². The largest absolute Gasteiger partial charge is 0.287 e. The van der Waals surface area contributed by atoms with Crippen LogP contribution in [0, 0.1) is 21.4 Å². The minimum Gasteiger partial charge on any atom is -0.258 e. The van der Waals surface area contributed by atoms with Crippen LogP contribution in [0.3, 0.4) is 0 Å². The molecule has 1 aromatic rings. The lowest BCUT2D eigenvalue weighted by Gasteiger charge is -2.01. The van der Waals surface area contributed by atoms with Gasteiger partial charge in [-0.3, -0.25) is 10.1 Å². The number of thioether (sulfide) groups is 1. The third-order valence-electron chi connectivity index (χ3n) is 2.05. The summed E-state index contributed by atoms with van der Waals surface area (Å²) in [6.07, 6.45) is 2.22. The molecule has 0 aliphatic carbocycles. The molecule has 0 saturated carbocycles. The van der Waals surface area contributed by atoms with E-state index in [1.165, 1.54) is 6.07 Å². The van der Waals surface area contributed by atoms with E-state index in [9.17, 15) is 10.1 Å². The second kappa shape index (κ2) is 6.13. The van der Waals surface area contributed by atoms with E-state index in [4.69, 9.17) is 5.26 Å². The molecule has 0 bridgehead atoms. The van der Waals surface area contributed by atoms with Crippen LogP contribution in [0.15, 0.2) is 23.1 Å². The van der Waals surface area contributed by atoms with Gasteiger partial charge in [-0.1, -0.05) is 13.3 Å². The lowest BCUT2D eigenvalue weighted by atomic mass is 10.2. The van der Waals surface area contributed by atoms with Crippen molar-refractivity contribution in [2.75, 3.05) is 5.75 Å². The van der Waals surface area contributed by atoms with Gasteiger partial charge in [-0.2, -0.15) is 5.26 Å². The van der Waals surface area contributed by atoms with Gasteiger partial charge in [-0.15, -0.1) is 11.8 Å². The number of nitro benzene ring substituents is 1. The molecule has 1 rings (SSSR count). The molecule has 0 fully saturated rings. The number of unbranched alkanes of at least 4 members (excludes halogenated alkanes) is 1. The van der Waals surface area contributed by atoms with E-state index in [0.717, 1.165) is 23.5 Å². The molecule has 4 nitrogen and oxygen atoms in total. The average Bonchev–Trinajstić information content (AvgIpc) is 2.29. The van der Waals surface area contributed by atoms with E-state index in [2.05, 4.69) is 6.92 Å². The van der Waals surface area contributed by atoms with Gasteiger partial charge < -0.3 is 0 Å². The molecule has 0 saturated heterocycles. The Morgan fingerprint density at radius 2 is 2.31 bits per heavy atom. The molecule has 84 valence electrons. The number of hydrogen-bond acceptors (Lipinski definition) is 4. The van der Waals surface area contributed by atoms with Crippen molar-refractivity contribution in [3.63, 3.8) is 0 Å². The zero-order valence-electron chi connectivity index (χ0n) is 8.97. The Morgan fingerprint density at radius 3 is 2.88 bits per heavy atom. The molecule has 0 N–H and O–H groups in total. The van der Waals surface area contributed by atoms with Crippen molar-refractivity contribution in [3.8, 4) is 6.07 Å². The fourth-order valence-corrected chi connectivity index (χ4v) is 2.22. The van der Waals surface area contributed by atoms with Crippen LogP contribution in [0.1, 0.15) is 25.3 Å². The summed E-state index contributed by atoms with van der Waals surface area (Å²) in [7, 11) is 0. The highest BCUT2D eigenvalue weighted by Gasteiger charge is 2.13. The van der Waals surface area contributed by atoms with Gasteiger partial charge in [-0.25, -0.2) is 0 Å². The van der Waals surface area contributed by atoms with Crippen LogP contribution in [0.2, 0.25) is 0 Å². The fourth-order valence-electron chi connectivity index (χ4n) is 1.19. The highest BCUT2D eigenvalue weighted by Crippen LogP contribution is 2.26. The maximum atomic E-state index is 10.6. The minimum absolute atomic E-state index is 0.123. The molecular formula is C11H12N2O2S. The van der Waals surface area contributed by atoms with E-state index in [-0.39, 0.29) is 11.3 Å². The highest BCUT2D eigenvalue weighted by atomic mass is 32.2. The predicted molar refractivity (Wildman–Crippen MR) is 63.4 cm³/mol. The number of benzene rings is 1. The standard InChI is InChI=1S/C11H12N2O2S/c1-2-3-6-16-10-4-5-11(13(14)15)9(7-10)8-12/h4-5,7H,2-3,6H2,1H3. The van der Waals surface area contributed by atoms with Crippen molar-refractivity contribution in [1.29, 1.82) is 5.26 Å². The summed E-state index contributed by atoms with van der Waals surface area (Å²) >= 11 is 1.62. The molecule has 16 heavy (non-hydrogen) atoms. The monoisotopic (exact) mass is 236 g/mol. The number of rotatable bonds is 5. The van der Waals surface area contributed by atoms with Crippen LogP contribution in [0.25, 0.3) is 0 Å². The second-order valence-corrected chi connectivity index (χ2v) is 4.42. The summed E-state index contributed by atoms with van der Waals surface area (Å²) in [4.78, 5) is 11.0. The van der Waals surface area contributed by atoms with Gasteiger partial charge in [0.05, 0.1) is 4.92 Å². The Balaban J connectivity index is 2.84. The predicted octanol–water partition coefficient (Wildman–Crippen LogP) is 3.36. The fraction of sp³-hybridized carbons (Fsp3) is 0.364. The van der Waals surface area contributed by atoms with Crippen molar-refractivity contribution in [1.82, 2.24) is 0 Å². The Kier molecular flexibility index (Phi) is 4.80. The van der Waals surface area contributed by atoms with Gasteiger partial charge in [0.25, 0.3) is 5.69 Å². The molecule has 0 heterocycles. The molecule has 0 atom stereocenters. The Hall–Kier alpha value is -1.54. The zero-order valence-corrected chi connectivity index (χ0v) is 9.79. The van der Waals surface area contributed by atoms with E-state index >= 15 is 0 Å². The normalized spacial score (nSPS) is 9.75. The van der Waals surface area contributed by atoms with Gasteiger partial charge >= 0.3 is 0 Å². The van der Waals surface area contributed by atoms with Crippen molar-refractivity contribution in [2.24, 2.45) is 0 Å². The van der Waals surface area contributed by atoms with Gasteiger partial charge in [0.15, 0.2) is 0 Å². The molecule has 5 heteroatoms. The van der Waals surface area contributed by atoms with Crippen LogP contribution in [0.5, 0.6) is 0 Å². The molecule has 0 aliphatic rings. The van der Waals surface area contributed by atoms with E-state index in [1.54, 1.807) is 23.9 Å². The summed E-state index contributed by atoms with van der Waals surface area (Å²) in [5.41, 5.74) is 0.00819. The van der Waals surface area contributed by atoms with Crippen molar-refractivity contribution >= 4 is 17.4 Å². The first kappa shape index (κ1) is 12.5. The van der Waals surface area contributed by atoms with Crippen LogP contribution >= 0.6 is 11.8 Å². The van der Waals surface area contributed by atoms with Crippen LogP contribution in [0.4, 0.5) is 5.69 Å². The molecule has 0 aromatic heterocycles. The number of nitriles is 1. The van der Waals surface area contributed by atoms with Gasteiger partial charge in [0, 0.05) is 11.0 Å². The third kappa shape index (κ3) is 3.24. The minimum atomic E-state index is -0.529. The van der Waals surface area contributed by atoms with Crippen LogP contribution in [-0.4, -0.2) is 10.7 Å². The lowest BCUT2D eigenvalue weighted by Crippen LogP contribution is -1.92. The topological polar surface area (TPSA) is 66.9 Å². The van der Waals surface area contributed by atoms with Crippen LogP contribution < -0.4 is 0 Å². The maximum absolute atomic E-state index is 10.6. The summed E-state index contributed by atoms with van der Waals surface area (Å²) < 4.78 is 0. The molecule has 0 amide bonds. The molecule has 1 aromatic carbocycles. The average molecular weight is 236 g/mol. The molecule has 0 unspecified atom stereocenters. The molecule has 0 aliphatic heterocycles. The van der Waals surface area contributed by atoms with Gasteiger partial charge in [0.1, 0.15) is 11.6 Å². The van der Waals surface area contributed by atoms with E-state index in [0.29, 0.717) is 0 Å². The molecular weight excluding hydrogens is 224 g/mol. The summed E-state index contributed by atoms with van der Waals surface area (Å²) in [6.45, 7) is 2.11. The highest BCUT2D eigenvalue weighted by molar-refractivity contribution is 7.99. The Morgan fingerprint density at radius 1 is 1.56 bits per heavy atom. The van der Waals surface area contributed by atoms with E-state index in [1.807, 2.05) is 6.07 Å². The zero-order chi connectivity index (χ0) is 12.0. The first-order valence-electron chi connectivity index (χ1n) is 5.00. The van der Waals surface area contributed by atoms with Crippen molar-refractivity contribution < 1.29 is 4.92 Å². The first-order valence-corrected chi connectivity index (χ1v) is 5.99. The van der Waals surface area contributed by atoms with E-state index < -0.39 is 4.92 Å². The lowest BCUT2D eigenvalue weighted by molar-refractivity contribution is -0.385. The quantitative estimate of drug-likeness (QED) is 0.340. The molecule has 0 radical (unpaired) electrons.